The van der Waals surface area contributed by atoms with E-state index in [2.05, 4.69) is 0 Å². The lowest BCUT2D eigenvalue weighted by atomic mass is 9.98. The van der Waals surface area contributed by atoms with Crippen LogP contribution in [0.25, 0.3) is 0 Å². The molecule has 0 aliphatic carbocycles. The molecule has 0 bridgehead atoms. The second kappa shape index (κ2) is 9.95. The zero-order valence-electron chi connectivity index (χ0n) is 13.2. The molecule has 0 aliphatic rings. The first-order valence-electron chi connectivity index (χ1n) is 7.64. The maximum Gasteiger partial charge on any atom is 0.320 e. The van der Waals surface area contributed by atoms with Crippen molar-refractivity contribution in [2.24, 2.45) is 5.92 Å². The summed E-state index contributed by atoms with van der Waals surface area (Å²) < 4.78 is 9.89. The predicted molar refractivity (Wildman–Crippen MR) is 82.3 cm³/mol. The maximum absolute atomic E-state index is 11.9. The van der Waals surface area contributed by atoms with Gasteiger partial charge in [0.25, 0.3) is 0 Å². The zero-order chi connectivity index (χ0) is 16.4. The van der Waals surface area contributed by atoms with Crippen LogP contribution >= 0.6 is 0 Å². The standard InChI is InChI=1S/C17H24O5/c1-3-21-16(19)15(17(20)22-4-2)10-9-13-5-7-14(8-6-13)11-12-18/h5-8,15,18H,3-4,9-12H2,1-2H3. The lowest BCUT2D eigenvalue weighted by molar-refractivity contribution is -0.161. The fourth-order valence-electron chi connectivity index (χ4n) is 2.13. The van der Waals surface area contributed by atoms with Gasteiger partial charge in [-0.05, 0) is 44.2 Å². The highest BCUT2D eigenvalue weighted by atomic mass is 16.6. The van der Waals surface area contributed by atoms with E-state index in [9.17, 15) is 9.59 Å². The highest BCUT2D eigenvalue weighted by Crippen LogP contribution is 2.15. The van der Waals surface area contributed by atoms with Gasteiger partial charge in [0.15, 0.2) is 5.92 Å². The third-order valence-corrected chi connectivity index (χ3v) is 3.29. The number of hydrogen-bond donors (Lipinski definition) is 1. The molecule has 0 radical (unpaired) electrons. The van der Waals surface area contributed by atoms with Gasteiger partial charge in [-0.2, -0.15) is 0 Å². The Morgan fingerprint density at radius 1 is 0.955 bits per heavy atom. The van der Waals surface area contributed by atoms with Gasteiger partial charge in [-0.1, -0.05) is 24.3 Å². The molecular formula is C17H24O5. The molecule has 0 saturated heterocycles. The first kappa shape index (κ1) is 18.2. The van der Waals surface area contributed by atoms with Gasteiger partial charge in [0.05, 0.1) is 13.2 Å². The molecule has 122 valence electrons. The molecule has 22 heavy (non-hydrogen) atoms. The molecule has 0 unspecified atom stereocenters. The van der Waals surface area contributed by atoms with Crippen LogP contribution < -0.4 is 0 Å². The fraction of sp³-hybridized carbons (Fsp3) is 0.529. The number of carbonyl (C=O) groups excluding carboxylic acids is 2. The van der Waals surface area contributed by atoms with E-state index in [-0.39, 0.29) is 19.8 Å². The van der Waals surface area contributed by atoms with Crippen molar-refractivity contribution in [2.75, 3.05) is 19.8 Å². The van der Waals surface area contributed by atoms with Crippen LogP contribution in [0.3, 0.4) is 0 Å². The van der Waals surface area contributed by atoms with E-state index < -0.39 is 17.9 Å². The molecule has 0 saturated carbocycles. The van der Waals surface area contributed by atoms with Crippen molar-refractivity contribution >= 4 is 11.9 Å². The summed E-state index contributed by atoms with van der Waals surface area (Å²) in [5, 5.41) is 8.89. The summed E-state index contributed by atoms with van der Waals surface area (Å²) in [6.07, 6.45) is 1.56. The second-order valence-electron chi connectivity index (χ2n) is 4.89. The Morgan fingerprint density at radius 3 is 1.82 bits per heavy atom. The van der Waals surface area contributed by atoms with Crippen molar-refractivity contribution in [3.63, 3.8) is 0 Å². The molecule has 5 nitrogen and oxygen atoms in total. The lowest BCUT2D eigenvalue weighted by Crippen LogP contribution is -2.28. The molecule has 0 aliphatic heterocycles. The van der Waals surface area contributed by atoms with Gasteiger partial charge < -0.3 is 14.6 Å². The van der Waals surface area contributed by atoms with Crippen LogP contribution in [-0.2, 0) is 31.9 Å². The van der Waals surface area contributed by atoms with E-state index in [4.69, 9.17) is 14.6 Å². The summed E-state index contributed by atoms with van der Waals surface area (Å²) in [5.74, 6) is -1.94. The predicted octanol–water partition coefficient (Wildman–Crippen LogP) is 1.90. The monoisotopic (exact) mass is 308 g/mol. The Balaban J connectivity index is 2.65. The first-order valence-corrected chi connectivity index (χ1v) is 7.64. The molecule has 1 aromatic rings. The Labute approximate surface area is 131 Å². The fourth-order valence-corrected chi connectivity index (χ4v) is 2.13. The number of ether oxygens (including phenoxy) is 2. The van der Waals surface area contributed by atoms with Crippen LogP contribution in [0.4, 0.5) is 0 Å². The van der Waals surface area contributed by atoms with Gasteiger partial charge in [-0.3, -0.25) is 9.59 Å². The van der Waals surface area contributed by atoms with Gasteiger partial charge in [0.2, 0.25) is 0 Å². The number of carbonyl (C=O) groups is 2. The smallest absolute Gasteiger partial charge is 0.320 e. The molecule has 1 N–H and O–H groups in total. The van der Waals surface area contributed by atoms with E-state index in [0.29, 0.717) is 19.3 Å². The van der Waals surface area contributed by atoms with E-state index in [1.807, 2.05) is 24.3 Å². The number of aliphatic hydroxyl groups is 1. The number of benzene rings is 1. The maximum atomic E-state index is 11.9. The van der Waals surface area contributed by atoms with Crippen molar-refractivity contribution in [3.8, 4) is 0 Å². The molecular weight excluding hydrogens is 284 g/mol. The third kappa shape index (κ3) is 5.85. The molecule has 0 fully saturated rings. The average Bonchev–Trinajstić information content (AvgIpc) is 2.50. The topological polar surface area (TPSA) is 72.8 Å². The quantitative estimate of drug-likeness (QED) is 0.557. The summed E-state index contributed by atoms with van der Waals surface area (Å²) in [7, 11) is 0. The summed E-state index contributed by atoms with van der Waals surface area (Å²) in [5.41, 5.74) is 2.08. The van der Waals surface area contributed by atoms with Crippen LogP contribution in [0.1, 0.15) is 31.4 Å². The van der Waals surface area contributed by atoms with Gasteiger partial charge in [0.1, 0.15) is 0 Å². The normalized spacial score (nSPS) is 10.5. The van der Waals surface area contributed by atoms with E-state index in [1.54, 1.807) is 13.8 Å². The average molecular weight is 308 g/mol. The molecule has 0 atom stereocenters. The summed E-state index contributed by atoms with van der Waals surface area (Å²) in [4.78, 5) is 23.7. The van der Waals surface area contributed by atoms with Gasteiger partial charge in [-0.25, -0.2) is 0 Å². The van der Waals surface area contributed by atoms with Crippen LogP contribution in [-0.4, -0.2) is 36.9 Å². The van der Waals surface area contributed by atoms with Crippen LogP contribution in [0.5, 0.6) is 0 Å². The Hall–Kier alpha value is -1.88. The highest BCUT2D eigenvalue weighted by molar-refractivity contribution is 5.94. The molecule has 1 aromatic carbocycles. The van der Waals surface area contributed by atoms with Gasteiger partial charge in [0, 0.05) is 6.61 Å². The van der Waals surface area contributed by atoms with Crippen molar-refractivity contribution in [3.05, 3.63) is 35.4 Å². The van der Waals surface area contributed by atoms with Gasteiger partial charge in [-0.15, -0.1) is 0 Å². The second-order valence-corrected chi connectivity index (χ2v) is 4.89. The minimum atomic E-state index is -0.878. The largest absolute Gasteiger partial charge is 0.465 e. The minimum absolute atomic E-state index is 0.118. The Bertz CT molecular complexity index is 448. The molecule has 1 rings (SSSR count). The SMILES string of the molecule is CCOC(=O)C(CCc1ccc(CCO)cc1)C(=O)OCC. The lowest BCUT2D eigenvalue weighted by Gasteiger charge is -2.14. The first-order chi connectivity index (χ1) is 10.6. The van der Waals surface area contributed by atoms with Gasteiger partial charge >= 0.3 is 11.9 Å². The number of aryl methyl sites for hydroxylation is 1. The number of esters is 2. The van der Waals surface area contributed by atoms with Crippen LogP contribution in [0.2, 0.25) is 0 Å². The summed E-state index contributed by atoms with van der Waals surface area (Å²) >= 11 is 0. The molecule has 0 aromatic heterocycles. The highest BCUT2D eigenvalue weighted by Gasteiger charge is 2.29. The van der Waals surface area contributed by atoms with Crippen LogP contribution in [0.15, 0.2) is 24.3 Å². The molecule has 0 spiro atoms. The van der Waals surface area contributed by atoms with Crippen molar-refractivity contribution < 1.29 is 24.2 Å². The molecule has 0 amide bonds. The van der Waals surface area contributed by atoms with E-state index >= 15 is 0 Å². The Morgan fingerprint density at radius 2 is 1.41 bits per heavy atom. The number of rotatable bonds is 9. The van der Waals surface area contributed by atoms with E-state index in [1.165, 1.54) is 0 Å². The Kier molecular flexibility index (Phi) is 8.22. The summed E-state index contributed by atoms with van der Waals surface area (Å²) in [6, 6.07) is 7.77. The van der Waals surface area contributed by atoms with Crippen molar-refractivity contribution in [2.45, 2.75) is 33.1 Å². The van der Waals surface area contributed by atoms with E-state index in [0.717, 1.165) is 11.1 Å². The zero-order valence-corrected chi connectivity index (χ0v) is 13.2. The van der Waals surface area contributed by atoms with Crippen molar-refractivity contribution in [1.29, 1.82) is 0 Å². The number of aliphatic hydroxyl groups excluding tert-OH is 1. The molecule has 5 heteroatoms. The van der Waals surface area contributed by atoms with Crippen LogP contribution in [0, 0.1) is 5.92 Å². The number of hydrogen-bond acceptors (Lipinski definition) is 5. The summed E-state index contributed by atoms with van der Waals surface area (Å²) in [6.45, 7) is 4.02. The molecule has 0 heterocycles. The van der Waals surface area contributed by atoms with Crippen molar-refractivity contribution in [1.82, 2.24) is 0 Å². The third-order valence-electron chi connectivity index (χ3n) is 3.29. The minimum Gasteiger partial charge on any atom is -0.465 e.